The molecular weight excluding hydrogens is 511 g/mol. The molecule has 2 heterocycles. The second kappa shape index (κ2) is 12.6. The third kappa shape index (κ3) is 6.70. The summed E-state index contributed by atoms with van der Waals surface area (Å²) in [7, 11) is 2.01. The van der Waals surface area contributed by atoms with Crippen molar-refractivity contribution in [2.24, 2.45) is 12.0 Å². The summed E-state index contributed by atoms with van der Waals surface area (Å²) in [5.41, 5.74) is 6.66. The molecule has 1 aromatic carbocycles. The number of aryl methyl sites for hydroxylation is 2. The lowest BCUT2D eigenvalue weighted by Crippen LogP contribution is -2.45. The van der Waals surface area contributed by atoms with Gasteiger partial charge in [-0.25, -0.2) is 0 Å². The fourth-order valence-electron chi connectivity index (χ4n) is 4.55. The van der Waals surface area contributed by atoms with Gasteiger partial charge in [-0.05, 0) is 63.6 Å². The van der Waals surface area contributed by atoms with Crippen LogP contribution in [0.3, 0.4) is 0 Å². The zero-order chi connectivity index (χ0) is 22.4. The molecule has 0 spiro atoms. The molecule has 0 saturated carbocycles. The molecule has 32 heavy (non-hydrogen) atoms. The van der Waals surface area contributed by atoms with Gasteiger partial charge < -0.3 is 10.6 Å². The summed E-state index contributed by atoms with van der Waals surface area (Å²) in [6.07, 6.45) is 3.18. The highest BCUT2D eigenvalue weighted by atomic mass is 127. The highest BCUT2D eigenvalue weighted by molar-refractivity contribution is 14.0. The minimum Gasteiger partial charge on any atom is -0.357 e. The standard InChI is InChI=1S/C25H40N6.HI/c1-7-23(31-14-13-21-11-9-10-12-22(21)17-31)16-27-25(26-8-2)28-18(3)15-24-19(4)29-30(6)20(24)5;/h9-12,18,23H,7-8,13-17H2,1-6H3,(H2,26,27,28);1H. The second-order valence-corrected chi connectivity index (χ2v) is 8.79. The van der Waals surface area contributed by atoms with Crippen molar-refractivity contribution in [3.05, 3.63) is 52.3 Å². The fourth-order valence-corrected chi connectivity index (χ4v) is 4.55. The van der Waals surface area contributed by atoms with Crippen LogP contribution in [0.2, 0.25) is 0 Å². The molecule has 0 radical (unpaired) electrons. The van der Waals surface area contributed by atoms with Gasteiger partial charge in [-0.15, -0.1) is 24.0 Å². The summed E-state index contributed by atoms with van der Waals surface area (Å²) in [5, 5.41) is 11.6. The van der Waals surface area contributed by atoms with Crippen LogP contribution in [0.4, 0.5) is 0 Å². The number of hydrogen-bond acceptors (Lipinski definition) is 3. The molecule has 1 aliphatic heterocycles. The van der Waals surface area contributed by atoms with Crippen LogP contribution in [-0.2, 0) is 26.4 Å². The van der Waals surface area contributed by atoms with Crippen molar-refractivity contribution in [2.45, 2.75) is 72.5 Å². The van der Waals surface area contributed by atoms with Crippen LogP contribution in [0.5, 0.6) is 0 Å². The summed E-state index contributed by atoms with van der Waals surface area (Å²) >= 11 is 0. The van der Waals surface area contributed by atoms with Crippen molar-refractivity contribution < 1.29 is 0 Å². The Morgan fingerprint density at radius 1 is 1.19 bits per heavy atom. The van der Waals surface area contributed by atoms with Gasteiger partial charge in [-0.3, -0.25) is 14.6 Å². The Morgan fingerprint density at radius 3 is 2.53 bits per heavy atom. The van der Waals surface area contributed by atoms with Gasteiger partial charge in [0.2, 0.25) is 0 Å². The van der Waals surface area contributed by atoms with E-state index in [-0.39, 0.29) is 30.0 Å². The first-order chi connectivity index (χ1) is 14.9. The summed E-state index contributed by atoms with van der Waals surface area (Å²) in [5.74, 6) is 0.907. The Morgan fingerprint density at radius 2 is 1.91 bits per heavy atom. The quantitative estimate of drug-likeness (QED) is 0.296. The maximum Gasteiger partial charge on any atom is 0.191 e. The number of aromatic nitrogens is 2. The van der Waals surface area contributed by atoms with Crippen molar-refractivity contribution in [2.75, 3.05) is 19.6 Å². The molecule has 0 saturated heterocycles. The van der Waals surface area contributed by atoms with Gasteiger partial charge in [0.25, 0.3) is 0 Å². The lowest BCUT2D eigenvalue weighted by molar-refractivity contribution is 0.178. The van der Waals surface area contributed by atoms with Crippen LogP contribution in [0, 0.1) is 13.8 Å². The molecule has 7 heteroatoms. The zero-order valence-electron chi connectivity index (χ0n) is 20.6. The molecule has 6 nitrogen and oxygen atoms in total. The van der Waals surface area contributed by atoms with Crippen LogP contribution in [0.15, 0.2) is 29.3 Å². The van der Waals surface area contributed by atoms with E-state index in [4.69, 9.17) is 4.99 Å². The molecule has 0 amide bonds. The Balaban J connectivity index is 0.00000363. The minimum atomic E-state index is 0. The van der Waals surface area contributed by atoms with Crippen LogP contribution in [0.1, 0.15) is 55.3 Å². The maximum atomic E-state index is 4.98. The van der Waals surface area contributed by atoms with E-state index >= 15 is 0 Å². The molecule has 0 aliphatic carbocycles. The fraction of sp³-hybridized carbons (Fsp3) is 0.600. The molecule has 2 unspecified atom stereocenters. The number of fused-ring (bicyclic) bond motifs is 1. The van der Waals surface area contributed by atoms with Crippen molar-refractivity contribution in [1.82, 2.24) is 25.3 Å². The number of guanidine groups is 1. The summed E-state index contributed by atoms with van der Waals surface area (Å²) in [4.78, 5) is 7.58. The van der Waals surface area contributed by atoms with E-state index in [9.17, 15) is 0 Å². The van der Waals surface area contributed by atoms with Crippen molar-refractivity contribution in [1.29, 1.82) is 0 Å². The van der Waals surface area contributed by atoms with Gasteiger partial charge in [-0.1, -0.05) is 31.2 Å². The van der Waals surface area contributed by atoms with E-state index in [0.29, 0.717) is 6.04 Å². The molecule has 2 N–H and O–H groups in total. The Kier molecular flexibility index (Phi) is 10.5. The maximum absolute atomic E-state index is 4.98. The molecular formula is C25H41IN6. The smallest absolute Gasteiger partial charge is 0.191 e. The van der Waals surface area contributed by atoms with E-state index in [1.807, 2.05) is 11.7 Å². The van der Waals surface area contributed by atoms with Crippen molar-refractivity contribution >= 4 is 29.9 Å². The summed E-state index contributed by atoms with van der Waals surface area (Å²) < 4.78 is 1.97. The molecule has 1 aliphatic rings. The third-order valence-corrected chi connectivity index (χ3v) is 6.50. The van der Waals surface area contributed by atoms with E-state index in [1.54, 1.807) is 0 Å². The van der Waals surface area contributed by atoms with E-state index in [1.165, 1.54) is 22.4 Å². The number of nitrogens with zero attached hydrogens (tertiary/aromatic N) is 4. The van der Waals surface area contributed by atoms with Crippen LogP contribution < -0.4 is 10.6 Å². The van der Waals surface area contributed by atoms with Gasteiger partial charge in [0.05, 0.1) is 12.2 Å². The number of halogens is 1. The van der Waals surface area contributed by atoms with Gasteiger partial charge in [0.1, 0.15) is 0 Å². The number of rotatable bonds is 8. The lowest BCUT2D eigenvalue weighted by Gasteiger charge is -2.34. The molecule has 3 rings (SSSR count). The topological polar surface area (TPSA) is 57.5 Å². The Labute approximate surface area is 211 Å². The van der Waals surface area contributed by atoms with Crippen LogP contribution >= 0.6 is 24.0 Å². The number of nitrogens with one attached hydrogen (secondary N) is 2. The number of benzene rings is 1. The first-order valence-electron chi connectivity index (χ1n) is 11.8. The lowest BCUT2D eigenvalue weighted by atomic mass is 9.98. The average Bonchev–Trinajstić information content (AvgIpc) is 3.00. The van der Waals surface area contributed by atoms with Gasteiger partial charge in [0, 0.05) is 44.5 Å². The van der Waals surface area contributed by atoms with Gasteiger partial charge in [-0.2, -0.15) is 5.10 Å². The molecule has 2 atom stereocenters. The van der Waals surface area contributed by atoms with Crippen LogP contribution in [-0.4, -0.2) is 52.4 Å². The van der Waals surface area contributed by atoms with Gasteiger partial charge in [0.15, 0.2) is 5.96 Å². The predicted octanol–water partition coefficient (Wildman–Crippen LogP) is 3.98. The minimum absolute atomic E-state index is 0. The summed E-state index contributed by atoms with van der Waals surface area (Å²) in [6, 6.07) is 9.59. The van der Waals surface area contributed by atoms with E-state index in [0.717, 1.165) is 57.1 Å². The number of hydrogen-bond donors (Lipinski definition) is 2. The van der Waals surface area contributed by atoms with E-state index in [2.05, 4.69) is 79.5 Å². The summed E-state index contributed by atoms with van der Waals surface area (Å²) in [6.45, 7) is 14.7. The monoisotopic (exact) mass is 552 g/mol. The van der Waals surface area contributed by atoms with Gasteiger partial charge >= 0.3 is 0 Å². The molecule has 2 aromatic rings. The highest BCUT2D eigenvalue weighted by Crippen LogP contribution is 2.21. The molecule has 1 aromatic heterocycles. The van der Waals surface area contributed by atoms with Crippen molar-refractivity contribution in [3.63, 3.8) is 0 Å². The molecule has 0 bridgehead atoms. The third-order valence-electron chi connectivity index (χ3n) is 6.50. The Hall–Kier alpha value is -1.61. The normalized spacial score (nSPS) is 16.1. The molecule has 0 fully saturated rings. The largest absolute Gasteiger partial charge is 0.357 e. The first-order valence-corrected chi connectivity index (χ1v) is 11.8. The van der Waals surface area contributed by atoms with Crippen LogP contribution in [0.25, 0.3) is 0 Å². The highest BCUT2D eigenvalue weighted by Gasteiger charge is 2.22. The second-order valence-electron chi connectivity index (χ2n) is 8.79. The van der Waals surface area contributed by atoms with E-state index < -0.39 is 0 Å². The van der Waals surface area contributed by atoms with Crippen molar-refractivity contribution in [3.8, 4) is 0 Å². The average molecular weight is 553 g/mol. The molecule has 178 valence electrons. The SMILES string of the molecule is CCNC(=NCC(CC)N1CCc2ccccc2C1)NC(C)Cc1c(C)nn(C)c1C.I. The number of aliphatic imine (C=N–C) groups is 1. The predicted molar refractivity (Wildman–Crippen MR) is 145 cm³/mol. The Bertz CT molecular complexity index is 891. The zero-order valence-corrected chi connectivity index (χ0v) is 22.9. The first kappa shape index (κ1) is 26.6.